The van der Waals surface area contributed by atoms with Crippen molar-refractivity contribution in [1.82, 2.24) is 9.29 Å². The predicted molar refractivity (Wildman–Crippen MR) is 76.1 cm³/mol. The van der Waals surface area contributed by atoms with E-state index in [9.17, 15) is 12.8 Å². The van der Waals surface area contributed by atoms with E-state index in [1.54, 1.807) is 0 Å². The summed E-state index contributed by atoms with van der Waals surface area (Å²) in [5.74, 6) is -0.509. The minimum atomic E-state index is -3.39. The zero-order valence-electron chi connectivity index (χ0n) is 11.2. The topological polar surface area (TPSA) is 51.1 Å². The molecule has 0 saturated carbocycles. The molecule has 0 atom stereocenters. The van der Waals surface area contributed by atoms with Gasteiger partial charge in [0.1, 0.15) is 5.82 Å². The second-order valence-corrected chi connectivity index (χ2v) is 6.52. The zero-order valence-corrected chi connectivity index (χ0v) is 12.0. The third-order valence-electron chi connectivity index (χ3n) is 2.90. The van der Waals surface area contributed by atoms with Crippen molar-refractivity contribution in [3.8, 4) is 0 Å². The number of nitrogens with zero attached hydrogens (tertiary/aromatic N) is 1. The fourth-order valence-corrected chi connectivity index (χ4v) is 3.06. The molecule has 2 aromatic rings. The van der Waals surface area contributed by atoms with Crippen molar-refractivity contribution < 1.29 is 12.8 Å². The Hall–Kier alpha value is -1.66. The maximum atomic E-state index is 12.7. The maximum Gasteiger partial charge on any atom is 0.215 e. The molecule has 1 heterocycles. The summed E-state index contributed by atoms with van der Waals surface area (Å²) in [4.78, 5) is 0. The third kappa shape index (κ3) is 4.47. The van der Waals surface area contributed by atoms with Crippen LogP contribution in [0.5, 0.6) is 0 Å². The monoisotopic (exact) mass is 296 g/mol. The van der Waals surface area contributed by atoms with Gasteiger partial charge in [-0.05, 0) is 35.7 Å². The predicted octanol–water partition coefficient (Wildman–Crippen LogP) is 1.83. The lowest BCUT2D eigenvalue weighted by molar-refractivity contribution is 0.580. The van der Waals surface area contributed by atoms with E-state index in [0.29, 0.717) is 18.5 Å². The Kier molecular flexibility index (Phi) is 4.57. The van der Waals surface area contributed by atoms with Gasteiger partial charge in [-0.2, -0.15) is 0 Å². The van der Waals surface area contributed by atoms with Gasteiger partial charge in [0.05, 0.1) is 5.75 Å². The van der Waals surface area contributed by atoms with Gasteiger partial charge in [-0.15, -0.1) is 0 Å². The molecule has 1 aromatic carbocycles. The van der Waals surface area contributed by atoms with Gasteiger partial charge in [0, 0.05) is 26.0 Å². The summed E-state index contributed by atoms with van der Waals surface area (Å²) in [5, 5.41) is 0. The molecule has 0 aliphatic rings. The summed E-state index contributed by atoms with van der Waals surface area (Å²) in [5.41, 5.74) is 1.65. The Morgan fingerprint density at radius 3 is 2.45 bits per heavy atom. The molecule has 0 saturated heterocycles. The smallest absolute Gasteiger partial charge is 0.215 e. The van der Waals surface area contributed by atoms with Crippen molar-refractivity contribution in [3.05, 3.63) is 59.7 Å². The zero-order chi connectivity index (χ0) is 14.6. The second-order valence-electron chi connectivity index (χ2n) is 4.72. The average Bonchev–Trinajstić information content (AvgIpc) is 2.77. The highest BCUT2D eigenvalue weighted by atomic mass is 32.2. The van der Waals surface area contributed by atoms with E-state index in [4.69, 9.17) is 0 Å². The van der Waals surface area contributed by atoms with Gasteiger partial charge in [-0.1, -0.05) is 12.1 Å². The number of hydrogen-bond acceptors (Lipinski definition) is 2. The Labute approximate surface area is 118 Å². The van der Waals surface area contributed by atoms with Crippen molar-refractivity contribution in [1.29, 1.82) is 0 Å². The van der Waals surface area contributed by atoms with Crippen molar-refractivity contribution in [2.45, 2.75) is 12.2 Å². The number of hydrogen-bond donors (Lipinski definition) is 1. The van der Waals surface area contributed by atoms with Crippen LogP contribution in [-0.4, -0.2) is 19.5 Å². The van der Waals surface area contributed by atoms with Crippen LogP contribution in [0.25, 0.3) is 0 Å². The molecule has 6 heteroatoms. The number of nitrogens with one attached hydrogen (secondary N) is 1. The van der Waals surface area contributed by atoms with Crippen LogP contribution in [0.1, 0.15) is 11.1 Å². The van der Waals surface area contributed by atoms with Crippen molar-refractivity contribution in [2.75, 3.05) is 6.54 Å². The molecule has 0 spiro atoms. The molecule has 0 aliphatic heterocycles. The van der Waals surface area contributed by atoms with E-state index >= 15 is 0 Å². The normalized spacial score (nSPS) is 11.7. The minimum Gasteiger partial charge on any atom is -0.357 e. The third-order valence-corrected chi connectivity index (χ3v) is 4.26. The van der Waals surface area contributed by atoms with E-state index in [1.165, 1.54) is 24.3 Å². The lowest BCUT2D eigenvalue weighted by atomic mass is 10.2. The molecule has 0 bridgehead atoms. The number of halogens is 1. The van der Waals surface area contributed by atoms with Crippen LogP contribution in [0.3, 0.4) is 0 Å². The SMILES string of the molecule is Cn1ccc(CCNS(=O)(=O)Cc2ccc(F)cc2)c1. The Morgan fingerprint density at radius 2 is 1.85 bits per heavy atom. The molecular formula is C14H17FN2O2S. The standard InChI is InChI=1S/C14H17FN2O2S/c1-17-9-7-12(10-17)6-8-16-20(18,19)11-13-2-4-14(15)5-3-13/h2-5,7,9-10,16H,6,8,11H2,1H3. The summed E-state index contributed by atoms with van der Waals surface area (Å²) in [6.45, 7) is 0.355. The van der Waals surface area contributed by atoms with Crippen LogP contribution in [0.2, 0.25) is 0 Å². The highest BCUT2D eigenvalue weighted by molar-refractivity contribution is 7.88. The van der Waals surface area contributed by atoms with Gasteiger partial charge in [-0.25, -0.2) is 17.5 Å². The summed E-state index contributed by atoms with van der Waals surface area (Å²) in [6.07, 6.45) is 4.51. The second kappa shape index (κ2) is 6.19. The summed E-state index contributed by atoms with van der Waals surface area (Å²) in [7, 11) is -1.47. The highest BCUT2D eigenvalue weighted by Gasteiger charge is 2.11. The van der Waals surface area contributed by atoms with Crippen LogP contribution in [0.4, 0.5) is 4.39 Å². The number of aromatic nitrogens is 1. The average molecular weight is 296 g/mol. The molecule has 0 unspecified atom stereocenters. The van der Waals surface area contributed by atoms with Gasteiger partial charge >= 0.3 is 0 Å². The minimum absolute atomic E-state index is 0.137. The van der Waals surface area contributed by atoms with Gasteiger partial charge in [-0.3, -0.25) is 0 Å². The van der Waals surface area contributed by atoms with Gasteiger partial charge in [0.15, 0.2) is 0 Å². The number of sulfonamides is 1. The van der Waals surface area contributed by atoms with E-state index in [1.807, 2.05) is 30.1 Å². The fraction of sp³-hybridized carbons (Fsp3) is 0.286. The first kappa shape index (κ1) is 14.7. The van der Waals surface area contributed by atoms with Crippen LogP contribution in [0.15, 0.2) is 42.7 Å². The largest absolute Gasteiger partial charge is 0.357 e. The van der Waals surface area contributed by atoms with Crippen molar-refractivity contribution in [2.24, 2.45) is 7.05 Å². The lowest BCUT2D eigenvalue weighted by Gasteiger charge is -2.06. The molecule has 108 valence electrons. The quantitative estimate of drug-likeness (QED) is 0.884. The molecule has 0 aliphatic carbocycles. The van der Waals surface area contributed by atoms with Gasteiger partial charge < -0.3 is 4.57 Å². The van der Waals surface area contributed by atoms with Gasteiger partial charge in [0.2, 0.25) is 10.0 Å². The van der Waals surface area contributed by atoms with Gasteiger partial charge in [0.25, 0.3) is 0 Å². The molecule has 20 heavy (non-hydrogen) atoms. The van der Waals surface area contributed by atoms with Crippen molar-refractivity contribution in [3.63, 3.8) is 0 Å². The molecule has 0 fully saturated rings. The first-order chi connectivity index (χ1) is 9.44. The molecule has 4 nitrogen and oxygen atoms in total. The van der Waals surface area contributed by atoms with E-state index in [-0.39, 0.29) is 11.6 Å². The van der Waals surface area contributed by atoms with Crippen LogP contribution in [-0.2, 0) is 29.2 Å². The summed E-state index contributed by atoms with van der Waals surface area (Å²) >= 11 is 0. The molecule has 0 amide bonds. The Bertz CT molecular complexity index is 663. The number of aryl methyl sites for hydroxylation is 1. The van der Waals surface area contributed by atoms with E-state index in [0.717, 1.165) is 5.56 Å². The maximum absolute atomic E-state index is 12.7. The molecule has 1 aromatic heterocycles. The van der Waals surface area contributed by atoms with Crippen LogP contribution >= 0.6 is 0 Å². The van der Waals surface area contributed by atoms with E-state index < -0.39 is 10.0 Å². The first-order valence-electron chi connectivity index (χ1n) is 6.27. The fourth-order valence-electron chi connectivity index (χ4n) is 1.91. The first-order valence-corrected chi connectivity index (χ1v) is 7.92. The number of rotatable bonds is 6. The molecule has 1 N–H and O–H groups in total. The van der Waals surface area contributed by atoms with Crippen molar-refractivity contribution >= 4 is 10.0 Å². The molecule has 2 rings (SSSR count). The molecule has 0 radical (unpaired) electrons. The number of benzene rings is 1. The van der Waals surface area contributed by atoms with Crippen LogP contribution < -0.4 is 4.72 Å². The Balaban J connectivity index is 1.86. The molecular weight excluding hydrogens is 279 g/mol. The lowest BCUT2D eigenvalue weighted by Crippen LogP contribution is -2.27. The highest BCUT2D eigenvalue weighted by Crippen LogP contribution is 2.07. The summed E-state index contributed by atoms with van der Waals surface area (Å²) < 4.78 is 41.0. The van der Waals surface area contributed by atoms with E-state index in [2.05, 4.69) is 4.72 Å². The summed E-state index contributed by atoms with van der Waals surface area (Å²) in [6, 6.07) is 7.43. The van der Waals surface area contributed by atoms with Crippen LogP contribution in [0, 0.1) is 5.82 Å². The Morgan fingerprint density at radius 1 is 1.15 bits per heavy atom.